The lowest BCUT2D eigenvalue weighted by Gasteiger charge is -2.33. The maximum Gasteiger partial charge on any atom is 0.311 e. The maximum atomic E-state index is 12.3. The predicted octanol–water partition coefficient (Wildman–Crippen LogP) is 2.76. The second kappa shape index (κ2) is 6.97. The lowest BCUT2D eigenvalue weighted by atomic mass is 9.74. The van der Waals surface area contributed by atoms with Crippen molar-refractivity contribution in [3.8, 4) is 0 Å². The summed E-state index contributed by atoms with van der Waals surface area (Å²) in [6.45, 7) is 0.932. The van der Waals surface area contributed by atoms with Crippen molar-refractivity contribution in [3.63, 3.8) is 0 Å². The van der Waals surface area contributed by atoms with E-state index in [1.807, 2.05) is 0 Å². The lowest BCUT2D eigenvalue weighted by molar-refractivity contribution is -0.150. The first-order chi connectivity index (χ1) is 11.1. The van der Waals surface area contributed by atoms with Gasteiger partial charge in [-0.3, -0.25) is 9.59 Å². The van der Waals surface area contributed by atoms with E-state index in [-0.39, 0.29) is 18.6 Å². The molecule has 1 unspecified atom stereocenters. The molecule has 6 nitrogen and oxygen atoms in total. The van der Waals surface area contributed by atoms with Crippen molar-refractivity contribution in [3.05, 3.63) is 16.1 Å². The van der Waals surface area contributed by atoms with E-state index >= 15 is 0 Å². The molecule has 1 amide bonds. The zero-order valence-electron chi connectivity index (χ0n) is 13.0. The Kier molecular flexibility index (Phi) is 4.96. The summed E-state index contributed by atoms with van der Waals surface area (Å²) in [5.41, 5.74) is -0.810. The largest absolute Gasteiger partial charge is 0.481 e. The number of amides is 1. The zero-order chi connectivity index (χ0) is 16.3. The van der Waals surface area contributed by atoms with E-state index in [0.717, 1.165) is 43.7 Å². The standard InChI is InChI=1S/C16H22N2O4S/c19-13(12-9-17-14(23-12)11-5-4-8-22-11)18-10-16(15(20)21)6-2-1-3-7-16/h9,11H,1-8,10H2,(H,18,19)(H,20,21). The van der Waals surface area contributed by atoms with Crippen LogP contribution >= 0.6 is 11.3 Å². The van der Waals surface area contributed by atoms with Crippen LogP contribution in [0.1, 0.15) is 65.7 Å². The fourth-order valence-corrected chi connectivity index (χ4v) is 4.26. The third-order valence-corrected chi connectivity index (χ3v) is 5.89. The number of aliphatic carboxylic acids is 1. The van der Waals surface area contributed by atoms with Gasteiger partial charge in [0.05, 0.1) is 11.6 Å². The SMILES string of the molecule is O=C(NCC1(C(=O)O)CCCCC1)c1cnc(C2CCCO2)s1. The van der Waals surface area contributed by atoms with Crippen LogP contribution in [0.4, 0.5) is 0 Å². The summed E-state index contributed by atoms with van der Waals surface area (Å²) >= 11 is 1.34. The first kappa shape index (κ1) is 16.4. The van der Waals surface area contributed by atoms with Gasteiger partial charge in [0.1, 0.15) is 16.0 Å². The number of carbonyl (C=O) groups is 2. The molecule has 1 aromatic heterocycles. The molecule has 3 rings (SSSR count). The summed E-state index contributed by atoms with van der Waals surface area (Å²) in [5.74, 6) is -1.04. The highest BCUT2D eigenvalue weighted by Gasteiger charge is 2.40. The first-order valence-corrected chi connectivity index (χ1v) is 9.01. The highest BCUT2D eigenvalue weighted by atomic mass is 32.1. The molecule has 1 saturated heterocycles. The molecule has 2 heterocycles. The minimum atomic E-state index is -0.810. The first-order valence-electron chi connectivity index (χ1n) is 8.20. The molecule has 2 aliphatic rings. The van der Waals surface area contributed by atoms with Crippen LogP contribution in [-0.2, 0) is 9.53 Å². The average molecular weight is 338 g/mol. The second-order valence-corrected chi connectivity index (χ2v) is 7.46. The van der Waals surface area contributed by atoms with Crippen molar-refractivity contribution in [2.75, 3.05) is 13.2 Å². The van der Waals surface area contributed by atoms with Crippen LogP contribution in [0.5, 0.6) is 0 Å². The van der Waals surface area contributed by atoms with Crippen molar-refractivity contribution >= 4 is 23.2 Å². The maximum absolute atomic E-state index is 12.3. The van der Waals surface area contributed by atoms with Gasteiger partial charge in [-0.25, -0.2) is 4.98 Å². The molecule has 0 aromatic carbocycles. The molecule has 1 aliphatic carbocycles. The molecule has 1 atom stereocenters. The number of carboxylic acids is 1. The van der Waals surface area contributed by atoms with Crippen LogP contribution in [0.25, 0.3) is 0 Å². The Balaban J connectivity index is 1.61. The molecule has 0 bridgehead atoms. The van der Waals surface area contributed by atoms with Gasteiger partial charge < -0.3 is 15.2 Å². The molecule has 126 valence electrons. The summed E-state index contributed by atoms with van der Waals surface area (Å²) in [4.78, 5) is 28.7. The number of nitrogens with zero attached hydrogens (tertiary/aromatic N) is 1. The number of aromatic nitrogens is 1. The number of carbonyl (C=O) groups excluding carboxylic acids is 1. The third-order valence-electron chi connectivity index (χ3n) is 4.80. The average Bonchev–Trinajstić information content (AvgIpc) is 3.24. The van der Waals surface area contributed by atoms with Gasteiger partial charge >= 0.3 is 5.97 Å². The second-order valence-electron chi connectivity index (χ2n) is 6.39. The smallest absolute Gasteiger partial charge is 0.311 e. The molecule has 1 aromatic rings. The highest BCUT2D eigenvalue weighted by molar-refractivity contribution is 7.13. The monoisotopic (exact) mass is 338 g/mol. The summed E-state index contributed by atoms with van der Waals surface area (Å²) < 4.78 is 5.57. The van der Waals surface area contributed by atoms with E-state index < -0.39 is 11.4 Å². The van der Waals surface area contributed by atoms with Crippen molar-refractivity contribution in [1.29, 1.82) is 0 Å². The van der Waals surface area contributed by atoms with Crippen molar-refractivity contribution < 1.29 is 19.4 Å². The normalized spacial score (nSPS) is 23.6. The van der Waals surface area contributed by atoms with E-state index in [9.17, 15) is 14.7 Å². The molecule has 0 radical (unpaired) electrons. The van der Waals surface area contributed by atoms with Gasteiger partial charge in [0.15, 0.2) is 0 Å². The summed E-state index contributed by atoms with van der Waals surface area (Å²) in [6, 6.07) is 0. The molecule has 1 saturated carbocycles. The van der Waals surface area contributed by atoms with Crippen LogP contribution in [0.3, 0.4) is 0 Å². The van der Waals surface area contributed by atoms with E-state index in [1.165, 1.54) is 11.3 Å². The van der Waals surface area contributed by atoms with Crippen molar-refractivity contribution in [1.82, 2.24) is 10.3 Å². The lowest BCUT2D eigenvalue weighted by Crippen LogP contribution is -2.44. The van der Waals surface area contributed by atoms with E-state index in [0.29, 0.717) is 17.7 Å². The summed E-state index contributed by atoms with van der Waals surface area (Å²) in [7, 11) is 0. The topological polar surface area (TPSA) is 88.5 Å². The Labute approximate surface area is 139 Å². The number of rotatable bonds is 5. The van der Waals surface area contributed by atoms with Gasteiger partial charge in [-0.05, 0) is 25.7 Å². The minimum Gasteiger partial charge on any atom is -0.481 e. The Morgan fingerprint density at radius 3 is 2.78 bits per heavy atom. The summed E-state index contributed by atoms with van der Waals surface area (Å²) in [6.07, 6.45) is 7.68. The predicted molar refractivity (Wildman–Crippen MR) is 85.5 cm³/mol. The van der Waals surface area contributed by atoms with Gasteiger partial charge in [0, 0.05) is 13.2 Å². The van der Waals surface area contributed by atoms with Crippen LogP contribution in [0.15, 0.2) is 6.20 Å². The molecule has 1 aliphatic heterocycles. The van der Waals surface area contributed by atoms with Crippen molar-refractivity contribution in [2.24, 2.45) is 5.41 Å². The molecule has 0 spiro atoms. The van der Waals surface area contributed by atoms with Gasteiger partial charge in [-0.15, -0.1) is 11.3 Å². The fraction of sp³-hybridized carbons (Fsp3) is 0.688. The third kappa shape index (κ3) is 3.55. The number of carboxylic acid groups (broad SMARTS) is 1. The number of ether oxygens (including phenoxy) is 1. The molecule has 23 heavy (non-hydrogen) atoms. The fourth-order valence-electron chi connectivity index (χ4n) is 3.35. The van der Waals surface area contributed by atoms with Crippen molar-refractivity contribution in [2.45, 2.75) is 51.0 Å². The zero-order valence-corrected chi connectivity index (χ0v) is 13.9. The molecular formula is C16H22N2O4S. The number of nitrogens with one attached hydrogen (secondary N) is 1. The van der Waals surface area contributed by atoms with Gasteiger partial charge in [0.25, 0.3) is 5.91 Å². The molecular weight excluding hydrogens is 316 g/mol. The van der Waals surface area contributed by atoms with Gasteiger partial charge in [0.2, 0.25) is 0 Å². The molecule has 2 N–H and O–H groups in total. The Bertz CT molecular complexity index is 574. The van der Waals surface area contributed by atoms with Gasteiger partial charge in [-0.2, -0.15) is 0 Å². The van der Waals surface area contributed by atoms with E-state index in [2.05, 4.69) is 10.3 Å². The quantitative estimate of drug-likeness (QED) is 0.862. The Morgan fingerprint density at radius 1 is 1.35 bits per heavy atom. The summed E-state index contributed by atoms with van der Waals surface area (Å²) in [5, 5.41) is 13.2. The van der Waals surface area contributed by atoms with Crippen LogP contribution in [-0.4, -0.2) is 35.1 Å². The van der Waals surface area contributed by atoms with Gasteiger partial charge in [-0.1, -0.05) is 19.3 Å². The van der Waals surface area contributed by atoms with Crippen LogP contribution in [0, 0.1) is 5.41 Å². The van der Waals surface area contributed by atoms with E-state index in [1.54, 1.807) is 6.20 Å². The Hall–Kier alpha value is -1.47. The van der Waals surface area contributed by atoms with Crippen LogP contribution < -0.4 is 5.32 Å². The minimum absolute atomic E-state index is 0.00487. The molecule has 7 heteroatoms. The highest BCUT2D eigenvalue weighted by Crippen LogP contribution is 2.36. The number of hydrogen-bond donors (Lipinski definition) is 2. The molecule has 2 fully saturated rings. The Morgan fingerprint density at radius 2 is 2.13 bits per heavy atom. The number of thiazole rings is 1. The van der Waals surface area contributed by atoms with E-state index in [4.69, 9.17) is 4.74 Å². The number of hydrogen-bond acceptors (Lipinski definition) is 5. The van der Waals surface area contributed by atoms with Crippen LogP contribution in [0.2, 0.25) is 0 Å².